The number of fused-ring (bicyclic) bond motifs is 1. The first-order valence-corrected chi connectivity index (χ1v) is 7.95. The molecule has 2 atom stereocenters. The van der Waals surface area contributed by atoms with E-state index in [1.807, 2.05) is 36.9 Å². The Balaban J connectivity index is 2.57. The standard InChI is InChI=1S/C13H16Cl2N2S/c1-8(18-3)7-17-12-6-10(15)4-5-11(12)16-13(17)9(2)14/h4-6,8-9H,7H2,1-3H3. The Hall–Kier alpha value is -0.380. The summed E-state index contributed by atoms with van der Waals surface area (Å²) in [7, 11) is 0. The van der Waals surface area contributed by atoms with Gasteiger partial charge in [0.25, 0.3) is 0 Å². The highest BCUT2D eigenvalue weighted by atomic mass is 35.5. The fraction of sp³-hybridized carbons (Fsp3) is 0.462. The molecule has 18 heavy (non-hydrogen) atoms. The van der Waals surface area contributed by atoms with Gasteiger partial charge in [0.2, 0.25) is 0 Å². The smallest absolute Gasteiger partial charge is 0.127 e. The van der Waals surface area contributed by atoms with Gasteiger partial charge in [0.05, 0.1) is 16.4 Å². The minimum atomic E-state index is -0.106. The number of rotatable bonds is 4. The van der Waals surface area contributed by atoms with Crippen LogP contribution in [0.15, 0.2) is 18.2 Å². The minimum Gasteiger partial charge on any atom is -0.326 e. The van der Waals surface area contributed by atoms with E-state index in [4.69, 9.17) is 23.2 Å². The van der Waals surface area contributed by atoms with Crippen LogP contribution < -0.4 is 0 Å². The topological polar surface area (TPSA) is 17.8 Å². The highest BCUT2D eigenvalue weighted by Gasteiger charge is 2.16. The molecule has 1 aromatic carbocycles. The van der Waals surface area contributed by atoms with Crippen LogP contribution in [0.3, 0.4) is 0 Å². The van der Waals surface area contributed by atoms with Gasteiger partial charge in [0, 0.05) is 16.8 Å². The van der Waals surface area contributed by atoms with Crippen molar-refractivity contribution in [2.24, 2.45) is 0 Å². The van der Waals surface area contributed by atoms with E-state index in [0.717, 1.165) is 28.4 Å². The van der Waals surface area contributed by atoms with Crippen molar-refractivity contribution in [3.05, 3.63) is 29.0 Å². The number of aromatic nitrogens is 2. The average Bonchev–Trinajstić information content (AvgIpc) is 2.67. The molecule has 0 saturated carbocycles. The van der Waals surface area contributed by atoms with Crippen LogP contribution in [0.25, 0.3) is 11.0 Å². The predicted molar refractivity (Wildman–Crippen MR) is 82.0 cm³/mol. The quantitative estimate of drug-likeness (QED) is 0.759. The molecular weight excluding hydrogens is 287 g/mol. The highest BCUT2D eigenvalue weighted by Crippen LogP contribution is 2.27. The van der Waals surface area contributed by atoms with Gasteiger partial charge in [-0.15, -0.1) is 11.6 Å². The number of benzene rings is 1. The van der Waals surface area contributed by atoms with Crippen molar-refractivity contribution >= 4 is 46.0 Å². The van der Waals surface area contributed by atoms with Crippen LogP contribution >= 0.6 is 35.0 Å². The van der Waals surface area contributed by atoms with E-state index in [2.05, 4.69) is 22.7 Å². The Morgan fingerprint density at radius 1 is 1.39 bits per heavy atom. The van der Waals surface area contributed by atoms with Gasteiger partial charge in [0.15, 0.2) is 0 Å². The molecule has 0 N–H and O–H groups in total. The summed E-state index contributed by atoms with van der Waals surface area (Å²) in [6, 6.07) is 5.77. The summed E-state index contributed by atoms with van der Waals surface area (Å²) >= 11 is 14.1. The number of nitrogens with zero attached hydrogens (tertiary/aromatic N) is 2. The van der Waals surface area contributed by atoms with Gasteiger partial charge in [-0.25, -0.2) is 4.98 Å². The Labute approximate surface area is 122 Å². The first-order chi connectivity index (χ1) is 8.52. The second-order valence-corrected chi connectivity index (χ2v) is 6.74. The van der Waals surface area contributed by atoms with Gasteiger partial charge in [-0.2, -0.15) is 11.8 Å². The third kappa shape index (κ3) is 2.79. The van der Waals surface area contributed by atoms with Crippen LogP contribution in [-0.2, 0) is 6.54 Å². The average molecular weight is 303 g/mol. The second-order valence-electron chi connectivity index (χ2n) is 4.38. The number of imidazole rings is 1. The van der Waals surface area contributed by atoms with Crippen molar-refractivity contribution < 1.29 is 0 Å². The number of alkyl halides is 1. The maximum absolute atomic E-state index is 6.22. The van der Waals surface area contributed by atoms with Gasteiger partial charge >= 0.3 is 0 Å². The maximum atomic E-state index is 6.22. The van der Waals surface area contributed by atoms with E-state index in [1.54, 1.807) is 0 Å². The molecule has 2 rings (SSSR count). The van der Waals surface area contributed by atoms with Gasteiger partial charge in [-0.1, -0.05) is 18.5 Å². The Bertz CT molecular complexity index is 551. The van der Waals surface area contributed by atoms with Gasteiger partial charge < -0.3 is 4.57 Å². The molecule has 0 aliphatic carbocycles. The second kappa shape index (κ2) is 5.72. The Morgan fingerprint density at radius 3 is 2.72 bits per heavy atom. The van der Waals surface area contributed by atoms with Gasteiger partial charge in [-0.3, -0.25) is 0 Å². The fourth-order valence-electron chi connectivity index (χ4n) is 1.94. The van der Waals surface area contributed by atoms with Crippen LogP contribution in [0.2, 0.25) is 5.02 Å². The SMILES string of the molecule is CSC(C)Cn1c(C(C)Cl)nc2ccc(Cl)cc21. The molecule has 1 aromatic heterocycles. The van der Waals surface area contributed by atoms with Crippen molar-refractivity contribution in [1.29, 1.82) is 0 Å². The van der Waals surface area contributed by atoms with E-state index >= 15 is 0 Å². The summed E-state index contributed by atoms with van der Waals surface area (Å²) in [6.07, 6.45) is 2.11. The molecule has 0 fully saturated rings. The van der Waals surface area contributed by atoms with E-state index in [0.29, 0.717) is 5.25 Å². The third-order valence-corrected chi connectivity index (χ3v) is 4.32. The molecule has 0 aliphatic rings. The monoisotopic (exact) mass is 302 g/mol. The number of hydrogen-bond acceptors (Lipinski definition) is 2. The first kappa shape index (κ1) is 14.0. The fourth-order valence-corrected chi connectivity index (χ4v) is 2.57. The molecule has 0 bridgehead atoms. The first-order valence-electron chi connectivity index (χ1n) is 5.85. The van der Waals surface area contributed by atoms with E-state index in [1.165, 1.54) is 0 Å². The Kier molecular flexibility index (Phi) is 4.46. The molecule has 2 nitrogen and oxygen atoms in total. The molecule has 0 radical (unpaired) electrons. The van der Waals surface area contributed by atoms with E-state index < -0.39 is 0 Å². The number of thioether (sulfide) groups is 1. The largest absolute Gasteiger partial charge is 0.326 e. The predicted octanol–water partition coefficient (Wildman–Crippen LogP) is 4.74. The highest BCUT2D eigenvalue weighted by molar-refractivity contribution is 7.99. The van der Waals surface area contributed by atoms with Crippen molar-refractivity contribution in [1.82, 2.24) is 9.55 Å². The summed E-state index contributed by atoms with van der Waals surface area (Å²) in [5.74, 6) is 0.912. The molecule has 2 unspecified atom stereocenters. The van der Waals surface area contributed by atoms with E-state index in [9.17, 15) is 0 Å². The summed E-state index contributed by atoms with van der Waals surface area (Å²) in [6.45, 7) is 5.04. The molecule has 0 saturated heterocycles. The lowest BCUT2D eigenvalue weighted by atomic mass is 10.3. The molecule has 1 heterocycles. The number of hydrogen-bond donors (Lipinski definition) is 0. The molecule has 0 amide bonds. The molecule has 2 aromatic rings. The third-order valence-electron chi connectivity index (χ3n) is 2.94. The molecular formula is C13H16Cl2N2S. The normalized spacial score (nSPS) is 14.9. The molecule has 5 heteroatoms. The molecule has 98 valence electrons. The van der Waals surface area contributed by atoms with Gasteiger partial charge in [-0.05, 0) is 31.4 Å². The van der Waals surface area contributed by atoms with Crippen LogP contribution in [-0.4, -0.2) is 21.1 Å². The minimum absolute atomic E-state index is 0.106. The lowest BCUT2D eigenvalue weighted by Crippen LogP contribution is -2.12. The van der Waals surface area contributed by atoms with Crippen molar-refractivity contribution in [3.8, 4) is 0 Å². The zero-order chi connectivity index (χ0) is 13.3. The van der Waals surface area contributed by atoms with Crippen LogP contribution in [0, 0.1) is 0 Å². The van der Waals surface area contributed by atoms with Crippen molar-refractivity contribution in [3.63, 3.8) is 0 Å². The van der Waals surface area contributed by atoms with Crippen LogP contribution in [0.1, 0.15) is 25.0 Å². The summed E-state index contributed by atoms with van der Waals surface area (Å²) in [5.41, 5.74) is 2.01. The van der Waals surface area contributed by atoms with Crippen LogP contribution in [0.5, 0.6) is 0 Å². The Morgan fingerprint density at radius 2 is 2.11 bits per heavy atom. The maximum Gasteiger partial charge on any atom is 0.127 e. The molecule has 0 spiro atoms. The molecule has 0 aliphatic heterocycles. The van der Waals surface area contributed by atoms with E-state index in [-0.39, 0.29) is 5.38 Å². The zero-order valence-corrected chi connectivity index (χ0v) is 13.0. The van der Waals surface area contributed by atoms with Gasteiger partial charge in [0.1, 0.15) is 5.82 Å². The summed E-state index contributed by atoms with van der Waals surface area (Å²) < 4.78 is 2.18. The van der Waals surface area contributed by atoms with Crippen molar-refractivity contribution in [2.45, 2.75) is 31.0 Å². The zero-order valence-electron chi connectivity index (χ0n) is 10.7. The lowest BCUT2D eigenvalue weighted by molar-refractivity contribution is 0.665. The van der Waals surface area contributed by atoms with Crippen LogP contribution in [0.4, 0.5) is 0 Å². The number of halogens is 2. The summed E-state index contributed by atoms with van der Waals surface area (Å²) in [5, 5.41) is 1.13. The lowest BCUT2D eigenvalue weighted by Gasteiger charge is -2.14. The van der Waals surface area contributed by atoms with Crippen molar-refractivity contribution in [2.75, 3.05) is 6.26 Å². The summed E-state index contributed by atoms with van der Waals surface area (Å²) in [4.78, 5) is 4.60.